The number of allylic oxidation sites excluding steroid dienone is 4. The molecule has 0 atom stereocenters. The molecule has 0 saturated heterocycles. The molecule has 0 saturated carbocycles. The molecule has 0 unspecified atom stereocenters. The fraction of sp³-hybridized carbons (Fsp3) is 0.167. The topological polar surface area (TPSA) is 79.1 Å². The summed E-state index contributed by atoms with van der Waals surface area (Å²) in [5.41, 5.74) is 8.25. The zero-order chi connectivity index (χ0) is 11.9. The fourth-order valence-corrected chi connectivity index (χ4v) is 1.42. The Balaban J connectivity index is 2.24. The summed E-state index contributed by atoms with van der Waals surface area (Å²) >= 11 is 0. The summed E-state index contributed by atoms with van der Waals surface area (Å²) in [5.74, 6) is 0. The van der Waals surface area contributed by atoms with Gasteiger partial charge in [-0.2, -0.15) is 5.10 Å². The van der Waals surface area contributed by atoms with Crippen LogP contribution in [0.3, 0.4) is 0 Å². The van der Waals surface area contributed by atoms with E-state index in [9.17, 15) is 0 Å². The molecule has 0 bridgehead atoms. The number of hydrogen-bond acceptors (Lipinski definition) is 4. The summed E-state index contributed by atoms with van der Waals surface area (Å²) in [6, 6.07) is 1.93. The zero-order valence-corrected chi connectivity index (χ0v) is 9.43. The van der Waals surface area contributed by atoms with Crippen LogP contribution in [0, 0.1) is 0 Å². The molecule has 1 aromatic rings. The van der Waals surface area contributed by atoms with E-state index in [0.717, 1.165) is 23.4 Å². The fourth-order valence-electron chi connectivity index (χ4n) is 1.42. The van der Waals surface area contributed by atoms with Gasteiger partial charge < -0.3 is 11.1 Å². The third-order valence-electron chi connectivity index (χ3n) is 2.29. The number of aromatic nitrogens is 2. The summed E-state index contributed by atoms with van der Waals surface area (Å²) in [5, 5.41) is 10.0. The van der Waals surface area contributed by atoms with Crippen molar-refractivity contribution in [3.05, 3.63) is 48.1 Å². The Bertz CT molecular complexity index is 479. The van der Waals surface area contributed by atoms with Crippen LogP contribution in [0.5, 0.6) is 0 Å². The summed E-state index contributed by atoms with van der Waals surface area (Å²) in [6.07, 6.45) is 12.2. The number of nitrogens with zero attached hydrogens (tertiary/aromatic N) is 2. The van der Waals surface area contributed by atoms with Crippen LogP contribution in [0.25, 0.3) is 5.57 Å². The van der Waals surface area contributed by atoms with Crippen LogP contribution in [-0.4, -0.2) is 16.5 Å². The van der Waals surface area contributed by atoms with Gasteiger partial charge in [-0.3, -0.25) is 5.10 Å². The van der Waals surface area contributed by atoms with E-state index in [1.54, 1.807) is 12.5 Å². The van der Waals surface area contributed by atoms with E-state index in [-0.39, 0.29) is 0 Å². The van der Waals surface area contributed by atoms with Gasteiger partial charge in [0.05, 0.1) is 12.0 Å². The van der Waals surface area contributed by atoms with Gasteiger partial charge in [0.2, 0.25) is 0 Å². The van der Waals surface area contributed by atoms with Crippen molar-refractivity contribution in [2.45, 2.75) is 13.0 Å². The van der Waals surface area contributed by atoms with Gasteiger partial charge in [-0.25, -0.2) is 4.99 Å². The summed E-state index contributed by atoms with van der Waals surface area (Å²) < 4.78 is 0. The average Bonchev–Trinajstić information content (AvgIpc) is 2.84. The lowest BCUT2D eigenvalue weighted by Crippen LogP contribution is -1.99. The van der Waals surface area contributed by atoms with Crippen LogP contribution in [-0.2, 0) is 6.54 Å². The van der Waals surface area contributed by atoms with Crippen LogP contribution in [0.4, 0.5) is 0 Å². The van der Waals surface area contributed by atoms with Crippen molar-refractivity contribution in [3.63, 3.8) is 0 Å². The minimum absolute atomic E-state index is 0.456. The average molecular weight is 229 g/mol. The molecule has 88 valence electrons. The molecule has 0 amide bonds. The van der Waals surface area contributed by atoms with Gasteiger partial charge in [0.1, 0.15) is 0 Å². The Morgan fingerprint density at radius 1 is 1.35 bits per heavy atom. The van der Waals surface area contributed by atoms with E-state index in [2.05, 4.69) is 26.6 Å². The highest BCUT2D eigenvalue weighted by Gasteiger charge is 2.03. The van der Waals surface area contributed by atoms with Gasteiger partial charge in [0, 0.05) is 24.0 Å². The van der Waals surface area contributed by atoms with Crippen molar-refractivity contribution in [1.29, 1.82) is 0 Å². The Morgan fingerprint density at radius 2 is 2.29 bits per heavy atom. The van der Waals surface area contributed by atoms with Crippen molar-refractivity contribution >= 4 is 11.9 Å². The van der Waals surface area contributed by atoms with Crippen LogP contribution >= 0.6 is 0 Å². The second-order valence-corrected chi connectivity index (χ2v) is 3.55. The second-order valence-electron chi connectivity index (χ2n) is 3.55. The maximum absolute atomic E-state index is 5.54. The standard InChI is InChI=1S/C12H15N5/c13-7-11-6-12(17-16-11)10-4-2-1-3-5-14-9-15-8-10/h2-6,8-9H,1,7,13H2,(H,14,15)(H,16,17)/b4-2+,5-3?,10-8+. The van der Waals surface area contributed by atoms with E-state index in [1.165, 1.54) is 0 Å². The molecule has 5 nitrogen and oxygen atoms in total. The molecule has 17 heavy (non-hydrogen) atoms. The van der Waals surface area contributed by atoms with Crippen molar-refractivity contribution < 1.29 is 0 Å². The number of hydrogen-bond donors (Lipinski definition) is 3. The molecule has 1 aliphatic heterocycles. The van der Waals surface area contributed by atoms with E-state index in [1.807, 2.05) is 24.4 Å². The summed E-state index contributed by atoms with van der Waals surface area (Å²) in [7, 11) is 0. The highest BCUT2D eigenvalue weighted by atomic mass is 15.1. The van der Waals surface area contributed by atoms with Crippen molar-refractivity contribution in [3.8, 4) is 0 Å². The number of H-pyrrole nitrogens is 1. The second kappa shape index (κ2) is 5.81. The quantitative estimate of drug-likeness (QED) is 0.715. The van der Waals surface area contributed by atoms with E-state index in [0.29, 0.717) is 6.54 Å². The molecule has 1 aliphatic rings. The predicted octanol–water partition coefficient (Wildman–Crippen LogP) is 1.30. The molecule has 0 fully saturated rings. The van der Waals surface area contributed by atoms with Gasteiger partial charge >= 0.3 is 0 Å². The molecule has 5 heteroatoms. The minimum atomic E-state index is 0.456. The lowest BCUT2D eigenvalue weighted by atomic mass is 10.1. The SMILES string of the molecule is NCc1cc(C2=C/N=CNC=CC\C=C\2)n[nH]1. The Hall–Kier alpha value is -2.14. The highest BCUT2D eigenvalue weighted by molar-refractivity contribution is 5.73. The molecule has 2 heterocycles. The smallest absolute Gasteiger partial charge is 0.0939 e. The first-order valence-electron chi connectivity index (χ1n) is 5.44. The number of aromatic amines is 1. The molecule has 1 aromatic heterocycles. The lowest BCUT2D eigenvalue weighted by Gasteiger charge is -1.96. The van der Waals surface area contributed by atoms with Crippen molar-refractivity contribution in [2.75, 3.05) is 0 Å². The predicted molar refractivity (Wildman–Crippen MR) is 69.0 cm³/mol. The van der Waals surface area contributed by atoms with Gasteiger partial charge in [-0.05, 0) is 18.7 Å². The monoisotopic (exact) mass is 229 g/mol. The summed E-state index contributed by atoms with van der Waals surface area (Å²) in [4.78, 5) is 4.14. The molecule has 0 radical (unpaired) electrons. The van der Waals surface area contributed by atoms with Gasteiger partial charge in [-0.15, -0.1) is 0 Å². The third-order valence-corrected chi connectivity index (χ3v) is 2.29. The van der Waals surface area contributed by atoms with Crippen LogP contribution in [0.1, 0.15) is 17.8 Å². The first kappa shape index (κ1) is 11.3. The zero-order valence-electron chi connectivity index (χ0n) is 9.43. The van der Waals surface area contributed by atoms with Gasteiger partial charge in [0.15, 0.2) is 0 Å². The Kier molecular flexibility index (Phi) is 3.88. The van der Waals surface area contributed by atoms with Crippen LogP contribution < -0.4 is 11.1 Å². The van der Waals surface area contributed by atoms with Gasteiger partial charge in [-0.1, -0.05) is 18.2 Å². The normalized spacial score (nSPS) is 20.4. The minimum Gasteiger partial charge on any atom is -0.353 e. The highest BCUT2D eigenvalue weighted by Crippen LogP contribution is 2.15. The Labute approximate surface area is 99.8 Å². The lowest BCUT2D eigenvalue weighted by molar-refractivity contribution is 0.944. The van der Waals surface area contributed by atoms with Crippen LogP contribution in [0.2, 0.25) is 0 Å². The number of aliphatic imine (C=N–C) groups is 1. The third kappa shape index (κ3) is 3.15. The van der Waals surface area contributed by atoms with Gasteiger partial charge in [0.25, 0.3) is 0 Å². The first-order valence-corrected chi connectivity index (χ1v) is 5.44. The number of nitrogens with two attached hydrogens (primary N) is 1. The van der Waals surface area contributed by atoms with Crippen LogP contribution in [0.15, 0.2) is 41.7 Å². The number of rotatable bonds is 2. The molecule has 2 rings (SSSR count). The van der Waals surface area contributed by atoms with E-state index < -0.39 is 0 Å². The van der Waals surface area contributed by atoms with Crippen molar-refractivity contribution in [1.82, 2.24) is 15.5 Å². The molecule has 0 aliphatic carbocycles. The molecule has 0 spiro atoms. The number of nitrogens with one attached hydrogen (secondary N) is 2. The van der Waals surface area contributed by atoms with E-state index >= 15 is 0 Å². The van der Waals surface area contributed by atoms with Crippen molar-refractivity contribution in [2.24, 2.45) is 10.7 Å². The molecular formula is C12H15N5. The maximum atomic E-state index is 5.54. The first-order chi connectivity index (χ1) is 8.40. The van der Waals surface area contributed by atoms with E-state index in [4.69, 9.17) is 5.73 Å². The molecular weight excluding hydrogens is 214 g/mol. The molecule has 0 aromatic carbocycles. The maximum Gasteiger partial charge on any atom is 0.0939 e. The summed E-state index contributed by atoms with van der Waals surface area (Å²) in [6.45, 7) is 0.456. The Morgan fingerprint density at radius 3 is 3.12 bits per heavy atom. The largest absolute Gasteiger partial charge is 0.353 e. The molecule has 4 N–H and O–H groups in total.